The molecule has 3 heteroatoms. The van der Waals surface area contributed by atoms with Gasteiger partial charge in [0, 0.05) is 18.3 Å². The van der Waals surface area contributed by atoms with E-state index in [2.05, 4.69) is 25.2 Å². The summed E-state index contributed by atoms with van der Waals surface area (Å²) in [6.45, 7) is 4.28. The number of carbonyl (C=O) groups excluding carboxylic acids is 1. The lowest BCUT2D eigenvalue weighted by atomic mass is 9.98. The first-order valence-corrected chi connectivity index (χ1v) is 6.44. The number of nitrogens with zero attached hydrogens (tertiary/aromatic N) is 1. The quantitative estimate of drug-likeness (QED) is 0.765. The molecule has 0 spiro atoms. The Morgan fingerprint density at radius 3 is 2.38 bits per heavy atom. The summed E-state index contributed by atoms with van der Waals surface area (Å²) in [5.74, 6) is 0.719. The number of carbonyl (C=O) groups is 1. The van der Waals surface area contributed by atoms with Gasteiger partial charge in [0.15, 0.2) is 0 Å². The second-order valence-electron chi connectivity index (χ2n) is 5.18. The highest BCUT2D eigenvalue weighted by molar-refractivity contribution is 5.76. The molecule has 0 aromatic carbocycles. The third kappa shape index (κ3) is 2.77. The lowest BCUT2D eigenvalue weighted by molar-refractivity contribution is 0.126. The van der Waals surface area contributed by atoms with Crippen LogP contribution in [0.15, 0.2) is 12.3 Å². The Morgan fingerprint density at radius 2 is 1.81 bits per heavy atom. The van der Waals surface area contributed by atoms with Crippen molar-refractivity contribution in [2.45, 2.75) is 58.0 Å². The fourth-order valence-corrected chi connectivity index (χ4v) is 2.44. The number of piperidine rings is 1. The zero-order valence-corrected chi connectivity index (χ0v) is 10.3. The minimum atomic E-state index is 0.0663. The maximum Gasteiger partial charge on any atom is 0.321 e. The van der Waals surface area contributed by atoms with Crippen LogP contribution in [0.1, 0.15) is 46.0 Å². The number of hydrogen-bond acceptors (Lipinski definition) is 1. The van der Waals surface area contributed by atoms with Gasteiger partial charge in [0.2, 0.25) is 0 Å². The van der Waals surface area contributed by atoms with Gasteiger partial charge >= 0.3 is 6.03 Å². The Bertz CT molecular complexity index is 274. The standard InChI is InChI=1S/C13H22N2O/c1-10-4-3-5-11(2)15(10)13(16)14-9-8-12-6-7-12/h8-12H,3-7H2,1-2H3,(H,14,16)/b9-8+. The molecule has 0 bridgehead atoms. The van der Waals surface area contributed by atoms with Crippen LogP contribution < -0.4 is 5.32 Å². The largest absolute Gasteiger partial charge is 0.321 e. The monoisotopic (exact) mass is 222 g/mol. The summed E-state index contributed by atoms with van der Waals surface area (Å²) >= 11 is 0. The molecule has 16 heavy (non-hydrogen) atoms. The van der Waals surface area contributed by atoms with Gasteiger partial charge in [0.25, 0.3) is 0 Å². The zero-order valence-electron chi connectivity index (χ0n) is 10.3. The fraction of sp³-hybridized carbons (Fsp3) is 0.769. The van der Waals surface area contributed by atoms with Crippen molar-refractivity contribution in [2.24, 2.45) is 5.92 Å². The van der Waals surface area contributed by atoms with Crippen LogP contribution in [-0.2, 0) is 0 Å². The van der Waals surface area contributed by atoms with Crippen LogP contribution in [0.25, 0.3) is 0 Å². The van der Waals surface area contributed by atoms with Crippen LogP contribution in [0.5, 0.6) is 0 Å². The second-order valence-corrected chi connectivity index (χ2v) is 5.18. The molecule has 3 nitrogen and oxygen atoms in total. The van der Waals surface area contributed by atoms with Crippen LogP contribution in [0, 0.1) is 5.92 Å². The summed E-state index contributed by atoms with van der Waals surface area (Å²) in [6, 6.07) is 0.813. The van der Waals surface area contributed by atoms with Gasteiger partial charge in [-0.05, 0) is 51.9 Å². The molecule has 0 aromatic rings. The van der Waals surface area contributed by atoms with Crippen molar-refractivity contribution in [3.8, 4) is 0 Å². The van der Waals surface area contributed by atoms with Crippen molar-refractivity contribution in [2.75, 3.05) is 0 Å². The molecule has 2 rings (SSSR count). The molecule has 1 saturated carbocycles. The van der Waals surface area contributed by atoms with E-state index < -0.39 is 0 Å². The van der Waals surface area contributed by atoms with Crippen molar-refractivity contribution >= 4 is 6.03 Å². The van der Waals surface area contributed by atoms with Gasteiger partial charge in [0.1, 0.15) is 0 Å². The predicted octanol–water partition coefficient (Wildman–Crippen LogP) is 2.88. The number of allylic oxidation sites excluding steroid dienone is 1. The van der Waals surface area contributed by atoms with Gasteiger partial charge in [-0.25, -0.2) is 4.79 Å². The van der Waals surface area contributed by atoms with Gasteiger partial charge in [-0.1, -0.05) is 6.08 Å². The molecular formula is C13H22N2O. The lowest BCUT2D eigenvalue weighted by Gasteiger charge is -2.38. The average Bonchev–Trinajstić information content (AvgIpc) is 3.01. The molecule has 1 aliphatic heterocycles. The highest BCUT2D eigenvalue weighted by atomic mass is 16.2. The van der Waals surface area contributed by atoms with E-state index in [1.54, 1.807) is 0 Å². The molecule has 1 N–H and O–H groups in total. The summed E-state index contributed by atoms with van der Waals surface area (Å²) in [4.78, 5) is 14.0. The number of amides is 2. The number of hydrogen-bond donors (Lipinski definition) is 1. The Labute approximate surface area is 97.9 Å². The van der Waals surface area contributed by atoms with Crippen molar-refractivity contribution in [1.29, 1.82) is 0 Å². The molecule has 90 valence electrons. The Balaban J connectivity index is 1.85. The predicted molar refractivity (Wildman–Crippen MR) is 65.0 cm³/mol. The van der Waals surface area contributed by atoms with Crippen LogP contribution in [0.4, 0.5) is 4.79 Å². The summed E-state index contributed by atoms with van der Waals surface area (Å²) in [5, 5.41) is 2.89. The highest BCUT2D eigenvalue weighted by Crippen LogP contribution is 2.29. The van der Waals surface area contributed by atoms with Gasteiger partial charge in [0.05, 0.1) is 0 Å². The zero-order chi connectivity index (χ0) is 11.5. The summed E-state index contributed by atoms with van der Waals surface area (Å²) in [5.41, 5.74) is 0. The fourth-order valence-electron chi connectivity index (χ4n) is 2.44. The Kier molecular flexibility index (Phi) is 3.52. The van der Waals surface area contributed by atoms with Gasteiger partial charge < -0.3 is 10.2 Å². The molecule has 0 radical (unpaired) electrons. The minimum absolute atomic E-state index is 0.0663. The molecular weight excluding hydrogens is 200 g/mol. The first-order valence-electron chi connectivity index (χ1n) is 6.44. The van der Waals surface area contributed by atoms with Crippen molar-refractivity contribution in [3.63, 3.8) is 0 Å². The van der Waals surface area contributed by atoms with Crippen LogP contribution >= 0.6 is 0 Å². The molecule has 1 heterocycles. The van der Waals surface area contributed by atoms with E-state index in [4.69, 9.17) is 0 Å². The van der Waals surface area contributed by atoms with Gasteiger partial charge in [-0.3, -0.25) is 0 Å². The molecule has 2 unspecified atom stereocenters. The van der Waals surface area contributed by atoms with Crippen molar-refractivity contribution < 1.29 is 4.79 Å². The SMILES string of the molecule is CC1CCCC(C)N1C(=O)N/C=C/C1CC1. The van der Waals surface area contributed by atoms with E-state index in [1.165, 1.54) is 19.3 Å². The van der Waals surface area contributed by atoms with Crippen LogP contribution in [0.3, 0.4) is 0 Å². The third-order valence-corrected chi connectivity index (χ3v) is 3.63. The third-order valence-electron chi connectivity index (χ3n) is 3.63. The molecule has 0 aromatic heterocycles. The second kappa shape index (κ2) is 4.89. The maximum atomic E-state index is 12.0. The van der Waals surface area contributed by atoms with E-state index in [9.17, 15) is 4.79 Å². The topological polar surface area (TPSA) is 32.3 Å². The Hall–Kier alpha value is -0.990. The van der Waals surface area contributed by atoms with E-state index in [0.29, 0.717) is 12.1 Å². The number of likely N-dealkylation sites (tertiary alicyclic amines) is 1. The molecule has 1 saturated heterocycles. The van der Waals surface area contributed by atoms with Gasteiger partial charge in [-0.15, -0.1) is 0 Å². The maximum absolute atomic E-state index is 12.0. The number of nitrogens with one attached hydrogen (secondary N) is 1. The smallest absolute Gasteiger partial charge is 0.319 e. The average molecular weight is 222 g/mol. The van der Waals surface area contributed by atoms with E-state index >= 15 is 0 Å². The number of urea groups is 1. The van der Waals surface area contributed by atoms with Gasteiger partial charge in [-0.2, -0.15) is 0 Å². The minimum Gasteiger partial charge on any atom is -0.319 e. The van der Waals surface area contributed by atoms with Crippen molar-refractivity contribution in [1.82, 2.24) is 10.2 Å². The summed E-state index contributed by atoms with van der Waals surface area (Å²) in [6.07, 6.45) is 10.00. The van der Waals surface area contributed by atoms with E-state index in [0.717, 1.165) is 18.8 Å². The first kappa shape index (κ1) is 11.5. The van der Waals surface area contributed by atoms with E-state index in [-0.39, 0.29) is 6.03 Å². The van der Waals surface area contributed by atoms with Crippen LogP contribution in [-0.4, -0.2) is 23.0 Å². The Morgan fingerprint density at radius 1 is 1.19 bits per heavy atom. The normalized spacial score (nSPS) is 30.8. The number of rotatable bonds is 2. The summed E-state index contributed by atoms with van der Waals surface area (Å²) < 4.78 is 0. The lowest BCUT2D eigenvalue weighted by Crippen LogP contribution is -2.50. The molecule has 2 atom stereocenters. The van der Waals surface area contributed by atoms with Crippen molar-refractivity contribution in [3.05, 3.63) is 12.3 Å². The first-order chi connectivity index (χ1) is 7.68. The molecule has 2 amide bonds. The highest BCUT2D eigenvalue weighted by Gasteiger charge is 2.28. The van der Waals surface area contributed by atoms with Crippen LogP contribution in [0.2, 0.25) is 0 Å². The molecule has 1 aliphatic carbocycles. The molecule has 2 aliphatic rings. The molecule has 2 fully saturated rings. The van der Waals surface area contributed by atoms with E-state index in [1.807, 2.05) is 11.1 Å². The summed E-state index contributed by atoms with van der Waals surface area (Å²) in [7, 11) is 0.